The molecule has 5 fully saturated rings. The highest BCUT2D eigenvalue weighted by atomic mass is 16.3. The van der Waals surface area contributed by atoms with E-state index in [0.29, 0.717) is 30.7 Å². The van der Waals surface area contributed by atoms with Crippen LogP contribution in [0.1, 0.15) is 49.8 Å². The van der Waals surface area contributed by atoms with Crippen LogP contribution < -0.4 is 5.32 Å². The summed E-state index contributed by atoms with van der Waals surface area (Å²) < 4.78 is 5.62. The van der Waals surface area contributed by atoms with E-state index < -0.39 is 12.1 Å². The van der Waals surface area contributed by atoms with Crippen molar-refractivity contribution in [2.75, 3.05) is 6.54 Å². The lowest BCUT2D eigenvalue weighted by atomic mass is 9.52. The van der Waals surface area contributed by atoms with Crippen molar-refractivity contribution in [1.82, 2.24) is 15.1 Å². The summed E-state index contributed by atoms with van der Waals surface area (Å²) in [6, 6.07) is 12.2. The summed E-state index contributed by atoms with van der Waals surface area (Å²) in [6.45, 7) is 0.160. The highest BCUT2D eigenvalue weighted by molar-refractivity contribution is 6.06. The highest BCUT2D eigenvalue weighted by Gasteiger charge is 2.55. The minimum atomic E-state index is -0.638. The fourth-order valence-corrected chi connectivity index (χ4v) is 7.41. The molecule has 1 saturated heterocycles. The van der Waals surface area contributed by atoms with E-state index in [0.717, 1.165) is 35.5 Å². The molecule has 1 atom stereocenters. The molecule has 5 aliphatic rings. The smallest absolute Gasteiger partial charge is 0.325 e. The lowest BCUT2D eigenvalue weighted by molar-refractivity contribution is -0.155. The molecule has 4 bridgehead atoms. The van der Waals surface area contributed by atoms with Crippen molar-refractivity contribution in [3.8, 4) is 0 Å². The Labute approximate surface area is 199 Å². The number of urea groups is 1. The summed E-state index contributed by atoms with van der Waals surface area (Å²) in [5, 5.41) is 2.78. The molecule has 4 amide bonds. The quantitative estimate of drug-likeness (QED) is 0.637. The van der Waals surface area contributed by atoms with Crippen LogP contribution in [0, 0.1) is 17.8 Å². The van der Waals surface area contributed by atoms with Gasteiger partial charge in [-0.2, -0.15) is 0 Å². The Morgan fingerprint density at radius 1 is 1.00 bits per heavy atom. The molecule has 2 aromatic rings. The van der Waals surface area contributed by atoms with Gasteiger partial charge < -0.3 is 14.6 Å². The van der Waals surface area contributed by atoms with E-state index in [-0.39, 0.29) is 23.9 Å². The number of carbonyl (C=O) groups is 3. The fraction of sp³-hybridized carbons (Fsp3) is 0.519. The number of furan rings is 1. The number of benzene rings is 1. The molecule has 0 unspecified atom stereocenters. The zero-order valence-electron chi connectivity index (χ0n) is 19.3. The summed E-state index contributed by atoms with van der Waals surface area (Å²) in [7, 11) is 0. The molecule has 4 aliphatic carbocycles. The van der Waals surface area contributed by atoms with E-state index in [1.807, 2.05) is 47.4 Å². The maximum Gasteiger partial charge on any atom is 0.325 e. The monoisotopic (exact) mass is 461 g/mol. The van der Waals surface area contributed by atoms with Crippen LogP contribution in [0.15, 0.2) is 53.1 Å². The van der Waals surface area contributed by atoms with Crippen molar-refractivity contribution in [1.29, 1.82) is 0 Å². The summed E-state index contributed by atoms with van der Waals surface area (Å²) in [6.07, 6.45) is 8.92. The molecule has 4 saturated carbocycles. The second kappa shape index (κ2) is 8.29. The Bertz CT molecular complexity index is 1050. The van der Waals surface area contributed by atoms with Crippen LogP contribution in [-0.4, -0.2) is 45.8 Å². The number of nitrogens with zero attached hydrogens (tertiary/aromatic N) is 2. The fourth-order valence-electron chi connectivity index (χ4n) is 7.41. The third-order valence-corrected chi connectivity index (χ3v) is 8.46. The predicted molar refractivity (Wildman–Crippen MR) is 124 cm³/mol. The van der Waals surface area contributed by atoms with E-state index in [2.05, 4.69) is 5.32 Å². The summed E-state index contributed by atoms with van der Waals surface area (Å²) >= 11 is 0. The van der Waals surface area contributed by atoms with Crippen molar-refractivity contribution in [2.45, 2.75) is 63.1 Å². The normalized spacial score (nSPS) is 31.7. The minimum Gasteiger partial charge on any atom is -0.467 e. The van der Waals surface area contributed by atoms with Crippen molar-refractivity contribution >= 4 is 17.8 Å². The zero-order valence-corrected chi connectivity index (χ0v) is 19.3. The Morgan fingerprint density at radius 3 is 2.29 bits per heavy atom. The number of hydrogen-bond donors (Lipinski definition) is 1. The molecule has 7 rings (SSSR count). The highest BCUT2D eigenvalue weighted by Crippen LogP contribution is 2.58. The molecule has 7 nitrogen and oxygen atoms in total. The Hall–Kier alpha value is -3.09. The summed E-state index contributed by atoms with van der Waals surface area (Å²) in [5.74, 6) is 2.26. The van der Waals surface area contributed by atoms with Gasteiger partial charge in [0.25, 0.3) is 5.91 Å². The van der Waals surface area contributed by atoms with Gasteiger partial charge in [0.1, 0.15) is 18.3 Å². The largest absolute Gasteiger partial charge is 0.467 e. The average Bonchev–Trinajstić information content (AvgIpc) is 3.41. The van der Waals surface area contributed by atoms with E-state index in [4.69, 9.17) is 4.42 Å². The molecule has 7 heteroatoms. The van der Waals surface area contributed by atoms with Gasteiger partial charge in [-0.1, -0.05) is 30.3 Å². The number of carbonyl (C=O) groups excluding carboxylic acids is 3. The number of hydrogen-bond acceptors (Lipinski definition) is 4. The number of rotatable bonds is 7. The van der Waals surface area contributed by atoms with Gasteiger partial charge in [0.15, 0.2) is 0 Å². The van der Waals surface area contributed by atoms with Gasteiger partial charge in [0, 0.05) is 12.0 Å². The molecule has 1 aliphatic heterocycles. The number of imide groups is 1. The van der Waals surface area contributed by atoms with Gasteiger partial charge in [-0.05, 0) is 74.0 Å². The van der Waals surface area contributed by atoms with E-state index in [9.17, 15) is 14.4 Å². The van der Waals surface area contributed by atoms with E-state index >= 15 is 0 Å². The first kappa shape index (κ1) is 21.4. The first-order chi connectivity index (χ1) is 16.5. The van der Waals surface area contributed by atoms with Crippen molar-refractivity contribution in [3.05, 3.63) is 60.1 Å². The Morgan fingerprint density at radius 2 is 1.68 bits per heavy atom. The number of amides is 4. The molecule has 178 valence electrons. The second-order valence-corrected chi connectivity index (χ2v) is 10.8. The van der Waals surface area contributed by atoms with Gasteiger partial charge in [-0.15, -0.1) is 0 Å². The van der Waals surface area contributed by atoms with E-state index in [1.54, 1.807) is 6.26 Å². The van der Waals surface area contributed by atoms with Crippen LogP contribution in [0.4, 0.5) is 4.79 Å². The van der Waals surface area contributed by atoms with Crippen molar-refractivity contribution in [2.24, 2.45) is 17.8 Å². The maximum atomic E-state index is 13.8. The summed E-state index contributed by atoms with van der Waals surface area (Å²) in [4.78, 5) is 42.7. The molecule has 2 heterocycles. The molecule has 34 heavy (non-hydrogen) atoms. The van der Waals surface area contributed by atoms with Crippen LogP contribution in [0.25, 0.3) is 0 Å². The molecular formula is C27H31N3O4. The second-order valence-electron chi connectivity index (χ2n) is 10.8. The molecule has 1 aromatic carbocycles. The van der Waals surface area contributed by atoms with Crippen LogP contribution in [0.2, 0.25) is 0 Å². The first-order valence-corrected chi connectivity index (χ1v) is 12.5. The van der Waals surface area contributed by atoms with Gasteiger partial charge in [-0.3, -0.25) is 14.5 Å². The van der Waals surface area contributed by atoms with Crippen LogP contribution in [-0.2, 0) is 22.6 Å². The number of nitrogens with one attached hydrogen (secondary N) is 1. The van der Waals surface area contributed by atoms with Crippen molar-refractivity contribution < 1.29 is 18.8 Å². The molecular weight excluding hydrogens is 430 g/mol. The molecule has 1 N–H and O–H groups in total. The lowest BCUT2D eigenvalue weighted by Crippen LogP contribution is -2.62. The standard InChI is InChI=1S/C27H31N3O4/c31-24(17-29-25(32)23(28-26(29)33)12-18-5-2-1-3-6-18)30(16-22-7-4-8-34-22)27-13-19-9-20(14-27)11-21(10-19)15-27/h1-8,19-21,23H,9-17H2,(H,28,33)/t19?,20?,21?,23-,27?/m1/s1. The third kappa shape index (κ3) is 3.81. The topological polar surface area (TPSA) is 82.9 Å². The molecule has 0 spiro atoms. The minimum absolute atomic E-state index is 0.165. The molecule has 0 radical (unpaired) electrons. The first-order valence-electron chi connectivity index (χ1n) is 12.5. The SMILES string of the molecule is O=C1N[C@H](Cc2ccccc2)C(=O)N1CC(=O)N(Cc1ccco1)C12CC3CC(CC(C3)C1)C2. The lowest BCUT2D eigenvalue weighted by Gasteiger charge is -2.60. The van der Waals surface area contributed by atoms with Gasteiger partial charge in [-0.25, -0.2) is 4.79 Å². The van der Waals surface area contributed by atoms with Crippen molar-refractivity contribution in [3.63, 3.8) is 0 Å². The summed E-state index contributed by atoms with van der Waals surface area (Å²) in [5.41, 5.74) is 0.781. The molecule has 1 aromatic heterocycles. The zero-order chi connectivity index (χ0) is 23.3. The van der Waals surface area contributed by atoms with E-state index in [1.165, 1.54) is 19.3 Å². The van der Waals surface area contributed by atoms with Gasteiger partial charge in [0.05, 0.1) is 12.8 Å². The third-order valence-electron chi connectivity index (χ3n) is 8.46. The predicted octanol–water partition coefficient (Wildman–Crippen LogP) is 3.74. The Kier molecular flexibility index (Phi) is 5.23. The maximum absolute atomic E-state index is 13.8. The van der Waals surface area contributed by atoms with Gasteiger partial charge >= 0.3 is 6.03 Å². The Balaban J connectivity index is 1.22. The van der Waals surface area contributed by atoms with Crippen LogP contribution in [0.5, 0.6) is 0 Å². The average molecular weight is 462 g/mol. The van der Waals surface area contributed by atoms with Gasteiger partial charge in [0.2, 0.25) is 5.91 Å². The van der Waals surface area contributed by atoms with Crippen LogP contribution >= 0.6 is 0 Å². The van der Waals surface area contributed by atoms with Crippen LogP contribution in [0.3, 0.4) is 0 Å².